The van der Waals surface area contributed by atoms with Gasteiger partial charge in [-0.05, 0) is 36.1 Å². The Morgan fingerprint density at radius 1 is 1.22 bits per heavy atom. The number of amides is 1. The minimum absolute atomic E-state index is 0.0459. The lowest BCUT2D eigenvalue weighted by Crippen LogP contribution is -2.32. The lowest BCUT2D eigenvalue weighted by Gasteiger charge is -2.18. The van der Waals surface area contributed by atoms with Gasteiger partial charge in [-0.1, -0.05) is 37.2 Å². The molecule has 0 radical (unpaired) electrons. The van der Waals surface area contributed by atoms with Crippen LogP contribution in [0.15, 0.2) is 53.3 Å². The van der Waals surface area contributed by atoms with Gasteiger partial charge in [0, 0.05) is 24.4 Å². The van der Waals surface area contributed by atoms with Gasteiger partial charge in [-0.2, -0.15) is 4.98 Å². The Bertz CT molecular complexity index is 896. The van der Waals surface area contributed by atoms with Gasteiger partial charge in [0.05, 0.1) is 0 Å². The molecule has 0 spiro atoms. The van der Waals surface area contributed by atoms with Crippen molar-refractivity contribution in [3.05, 3.63) is 66.1 Å². The first-order chi connectivity index (χ1) is 13.0. The number of carbonyl (C=O) groups excluding carboxylic acids is 1. The topological polar surface area (TPSA) is 80.9 Å². The number of halogens is 1. The smallest absolute Gasteiger partial charge is 0.249 e. The Kier molecular flexibility index (Phi) is 5.90. The third-order valence-corrected chi connectivity index (χ3v) is 4.19. The molecular formula is C20H21FN4O2. The fourth-order valence-electron chi connectivity index (χ4n) is 2.68. The average molecular weight is 368 g/mol. The Labute approximate surface area is 156 Å². The number of carbonyl (C=O) groups is 1. The molecule has 0 aliphatic rings. The Hall–Kier alpha value is -3.09. The third kappa shape index (κ3) is 4.75. The van der Waals surface area contributed by atoms with Gasteiger partial charge in [0.15, 0.2) is 0 Å². The lowest BCUT2D eigenvalue weighted by atomic mass is 10.0. The van der Waals surface area contributed by atoms with E-state index in [1.54, 1.807) is 36.7 Å². The van der Waals surface area contributed by atoms with Gasteiger partial charge in [0.2, 0.25) is 17.6 Å². The van der Waals surface area contributed by atoms with E-state index in [2.05, 4.69) is 20.4 Å². The number of hydrogen-bond donors (Lipinski definition) is 1. The van der Waals surface area contributed by atoms with Crippen LogP contribution in [0.2, 0.25) is 0 Å². The van der Waals surface area contributed by atoms with Crippen molar-refractivity contribution in [3.8, 4) is 11.4 Å². The van der Waals surface area contributed by atoms with E-state index in [9.17, 15) is 9.18 Å². The molecule has 0 saturated heterocycles. The Morgan fingerprint density at radius 3 is 2.74 bits per heavy atom. The highest BCUT2D eigenvalue weighted by Crippen LogP contribution is 2.23. The molecule has 1 atom stereocenters. The third-order valence-electron chi connectivity index (χ3n) is 4.19. The molecule has 140 valence electrons. The van der Waals surface area contributed by atoms with Crippen molar-refractivity contribution in [2.45, 2.75) is 32.7 Å². The van der Waals surface area contributed by atoms with Gasteiger partial charge in [0.1, 0.15) is 11.9 Å². The Morgan fingerprint density at radius 2 is 2.04 bits per heavy atom. The summed E-state index contributed by atoms with van der Waals surface area (Å²) < 4.78 is 19.1. The molecule has 3 rings (SSSR count). The van der Waals surface area contributed by atoms with Gasteiger partial charge in [-0.25, -0.2) is 4.39 Å². The summed E-state index contributed by atoms with van der Waals surface area (Å²) in [6.45, 7) is 3.91. The molecule has 7 heteroatoms. The molecule has 0 bridgehead atoms. The van der Waals surface area contributed by atoms with E-state index in [1.807, 2.05) is 19.9 Å². The molecule has 1 N–H and O–H groups in total. The van der Waals surface area contributed by atoms with Crippen molar-refractivity contribution in [3.63, 3.8) is 0 Å². The predicted molar refractivity (Wildman–Crippen MR) is 98.0 cm³/mol. The summed E-state index contributed by atoms with van der Waals surface area (Å²) in [5.41, 5.74) is 1.26. The molecule has 0 fully saturated rings. The van der Waals surface area contributed by atoms with Gasteiger partial charge < -0.3 is 9.84 Å². The van der Waals surface area contributed by atoms with Crippen LogP contribution in [0.3, 0.4) is 0 Å². The number of nitrogens with zero attached hydrogens (tertiary/aromatic N) is 3. The van der Waals surface area contributed by atoms with E-state index < -0.39 is 6.04 Å². The van der Waals surface area contributed by atoms with E-state index in [4.69, 9.17) is 4.52 Å². The van der Waals surface area contributed by atoms with Gasteiger partial charge in [-0.15, -0.1) is 0 Å². The number of pyridine rings is 1. The molecule has 0 saturated carbocycles. The molecular weight excluding hydrogens is 347 g/mol. The summed E-state index contributed by atoms with van der Waals surface area (Å²) in [6.07, 6.45) is 3.81. The summed E-state index contributed by atoms with van der Waals surface area (Å²) in [5.74, 6) is 0.305. The second-order valence-corrected chi connectivity index (χ2v) is 6.58. The molecule has 1 unspecified atom stereocenters. The molecule has 3 aromatic rings. The molecule has 1 aromatic carbocycles. The van der Waals surface area contributed by atoms with Crippen LogP contribution >= 0.6 is 0 Å². The molecule has 0 aliphatic heterocycles. The van der Waals surface area contributed by atoms with Crippen molar-refractivity contribution in [2.24, 2.45) is 5.92 Å². The van der Waals surface area contributed by atoms with Crippen LogP contribution in [0.5, 0.6) is 0 Å². The Balaban J connectivity index is 1.66. The lowest BCUT2D eigenvalue weighted by molar-refractivity contribution is -0.122. The van der Waals surface area contributed by atoms with Gasteiger partial charge >= 0.3 is 0 Å². The maximum Gasteiger partial charge on any atom is 0.249 e. The summed E-state index contributed by atoms with van der Waals surface area (Å²) in [7, 11) is 0. The molecule has 2 aromatic heterocycles. The highest BCUT2D eigenvalue weighted by molar-refractivity contribution is 5.76. The normalized spacial score (nSPS) is 12.1. The van der Waals surface area contributed by atoms with E-state index in [0.717, 1.165) is 5.56 Å². The van der Waals surface area contributed by atoms with E-state index in [-0.39, 0.29) is 24.1 Å². The zero-order valence-corrected chi connectivity index (χ0v) is 15.2. The number of rotatable bonds is 7. The van der Waals surface area contributed by atoms with Crippen LogP contribution in [0, 0.1) is 11.7 Å². The minimum atomic E-state index is -0.420. The van der Waals surface area contributed by atoms with E-state index in [0.29, 0.717) is 23.7 Å². The second kappa shape index (κ2) is 8.53. The molecule has 6 nitrogen and oxygen atoms in total. The van der Waals surface area contributed by atoms with Gasteiger partial charge in [-0.3, -0.25) is 9.78 Å². The summed E-state index contributed by atoms with van der Waals surface area (Å²) >= 11 is 0. The maximum atomic E-state index is 13.7. The molecule has 0 aliphatic carbocycles. The van der Waals surface area contributed by atoms with Crippen molar-refractivity contribution < 1.29 is 13.7 Å². The van der Waals surface area contributed by atoms with Crippen molar-refractivity contribution >= 4 is 5.91 Å². The largest absolute Gasteiger partial charge is 0.344 e. The van der Waals surface area contributed by atoms with Crippen molar-refractivity contribution in [2.75, 3.05) is 0 Å². The first-order valence-electron chi connectivity index (χ1n) is 8.81. The summed E-state index contributed by atoms with van der Waals surface area (Å²) in [5, 5.41) is 6.89. The first kappa shape index (κ1) is 18.7. The maximum absolute atomic E-state index is 13.7. The average Bonchev–Trinajstić information content (AvgIpc) is 3.16. The quantitative estimate of drug-likeness (QED) is 0.687. The van der Waals surface area contributed by atoms with E-state index in [1.165, 1.54) is 6.07 Å². The monoisotopic (exact) mass is 368 g/mol. The number of nitrogens with one attached hydrogen (secondary N) is 1. The number of hydrogen-bond acceptors (Lipinski definition) is 5. The van der Waals surface area contributed by atoms with E-state index >= 15 is 0 Å². The predicted octanol–water partition coefficient (Wildman–Crippen LogP) is 3.72. The highest BCUT2D eigenvalue weighted by atomic mass is 19.1. The summed E-state index contributed by atoms with van der Waals surface area (Å²) in [4.78, 5) is 20.8. The van der Waals surface area contributed by atoms with Crippen LogP contribution < -0.4 is 5.32 Å². The fraction of sp³-hybridized carbons (Fsp3) is 0.300. The van der Waals surface area contributed by atoms with Crippen molar-refractivity contribution in [1.82, 2.24) is 20.4 Å². The first-order valence-corrected chi connectivity index (χ1v) is 8.81. The highest BCUT2D eigenvalue weighted by Gasteiger charge is 2.25. The zero-order valence-electron chi connectivity index (χ0n) is 15.2. The molecule has 2 heterocycles. The number of aromatic nitrogens is 3. The van der Waals surface area contributed by atoms with Crippen molar-refractivity contribution in [1.29, 1.82) is 0 Å². The molecule has 1 amide bonds. The van der Waals surface area contributed by atoms with Crippen LogP contribution in [-0.4, -0.2) is 21.0 Å². The standard InChI is InChI=1S/C20H21FN4O2/c1-13(2)18(20-24-19(25-27-20)15-7-5-11-22-12-15)23-17(26)10-9-14-6-3-4-8-16(14)21/h3-8,11-13,18H,9-10H2,1-2H3,(H,23,26). The van der Waals surface area contributed by atoms with Crippen LogP contribution in [-0.2, 0) is 11.2 Å². The fourth-order valence-corrected chi connectivity index (χ4v) is 2.68. The SMILES string of the molecule is CC(C)C(NC(=O)CCc1ccccc1F)c1nc(-c2cccnc2)no1. The zero-order chi connectivity index (χ0) is 19.2. The number of aryl methyl sites for hydroxylation is 1. The summed E-state index contributed by atoms with van der Waals surface area (Å²) in [6, 6.07) is 9.66. The second-order valence-electron chi connectivity index (χ2n) is 6.58. The van der Waals surface area contributed by atoms with Crippen LogP contribution in [0.1, 0.15) is 37.8 Å². The number of benzene rings is 1. The van der Waals surface area contributed by atoms with Gasteiger partial charge in [0.25, 0.3) is 0 Å². The van der Waals surface area contributed by atoms with Crippen LogP contribution in [0.25, 0.3) is 11.4 Å². The molecule has 27 heavy (non-hydrogen) atoms. The van der Waals surface area contributed by atoms with Crippen LogP contribution in [0.4, 0.5) is 4.39 Å². The minimum Gasteiger partial charge on any atom is -0.344 e.